The van der Waals surface area contributed by atoms with Crippen LogP contribution in [-0.4, -0.2) is 34.3 Å². The van der Waals surface area contributed by atoms with Gasteiger partial charge in [-0.05, 0) is 25.3 Å². The number of carbonyl (C=O) groups is 1. The molecule has 1 aromatic rings. The van der Waals surface area contributed by atoms with E-state index in [9.17, 15) is 9.00 Å². The highest BCUT2D eigenvalue weighted by molar-refractivity contribution is 7.85. The summed E-state index contributed by atoms with van der Waals surface area (Å²) in [6, 6.07) is 9.40. The van der Waals surface area contributed by atoms with Crippen LogP contribution in [0, 0.1) is 0 Å². The highest BCUT2D eigenvalue weighted by atomic mass is 32.2. The van der Waals surface area contributed by atoms with Gasteiger partial charge in [-0.3, -0.25) is 9.53 Å². The zero-order chi connectivity index (χ0) is 14.4. The van der Waals surface area contributed by atoms with Gasteiger partial charge < -0.3 is 4.74 Å². The molecule has 1 heterocycles. The molecule has 1 aliphatic heterocycles. The molecule has 1 unspecified atom stereocenters. The van der Waals surface area contributed by atoms with E-state index in [4.69, 9.17) is 4.74 Å². The lowest BCUT2D eigenvalue weighted by Crippen LogP contribution is -2.41. The Morgan fingerprint density at radius 3 is 2.60 bits per heavy atom. The summed E-state index contributed by atoms with van der Waals surface area (Å²) in [4.78, 5) is 12.1. The Kier molecular flexibility index (Phi) is 5.73. The quantitative estimate of drug-likeness (QED) is 0.842. The Bertz CT molecular complexity index is 453. The van der Waals surface area contributed by atoms with Gasteiger partial charge >= 0.3 is 5.97 Å². The highest BCUT2D eigenvalue weighted by Gasteiger charge is 2.27. The van der Waals surface area contributed by atoms with E-state index < -0.39 is 16.8 Å². The minimum atomic E-state index is -0.690. The van der Waals surface area contributed by atoms with Gasteiger partial charge in [-0.2, -0.15) is 0 Å². The van der Waals surface area contributed by atoms with Crippen molar-refractivity contribution in [1.29, 1.82) is 0 Å². The number of carbonyl (C=O) groups excluding carboxylic acids is 1. The number of hydrogen-bond donors (Lipinski definition) is 1. The van der Waals surface area contributed by atoms with Crippen LogP contribution in [0.1, 0.15) is 31.4 Å². The van der Waals surface area contributed by atoms with Crippen LogP contribution in [-0.2, 0) is 20.3 Å². The van der Waals surface area contributed by atoms with Gasteiger partial charge in [0.2, 0.25) is 0 Å². The molecule has 4 nitrogen and oxygen atoms in total. The van der Waals surface area contributed by atoms with Crippen molar-refractivity contribution in [2.24, 2.45) is 0 Å². The van der Waals surface area contributed by atoms with Crippen molar-refractivity contribution in [3.63, 3.8) is 0 Å². The van der Waals surface area contributed by atoms with Crippen molar-refractivity contribution in [1.82, 2.24) is 5.32 Å². The lowest BCUT2D eigenvalue weighted by atomic mass is 10.0. The van der Waals surface area contributed by atoms with E-state index in [0.29, 0.717) is 18.1 Å². The van der Waals surface area contributed by atoms with Crippen molar-refractivity contribution >= 4 is 16.8 Å². The van der Waals surface area contributed by atoms with Crippen LogP contribution in [0.25, 0.3) is 0 Å². The second-order valence-electron chi connectivity index (χ2n) is 4.88. The van der Waals surface area contributed by atoms with Crippen LogP contribution in [0.5, 0.6) is 0 Å². The molecule has 0 aromatic heterocycles. The van der Waals surface area contributed by atoms with Gasteiger partial charge in [0.1, 0.15) is 6.04 Å². The Morgan fingerprint density at radius 2 is 2.00 bits per heavy atom. The number of esters is 1. The van der Waals surface area contributed by atoms with Crippen molar-refractivity contribution in [2.75, 3.05) is 18.1 Å². The van der Waals surface area contributed by atoms with Crippen LogP contribution in [0.4, 0.5) is 0 Å². The summed E-state index contributed by atoms with van der Waals surface area (Å²) in [5.41, 5.74) is 0.914. The van der Waals surface area contributed by atoms with Crippen LogP contribution >= 0.6 is 0 Å². The van der Waals surface area contributed by atoms with Crippen LogP contribution in [0.3, 0.4) is 0 Å². The molecule has 0 bridgehead atoms. The fraction of sp³-hybridized carbons (Fsp3) is 0.533. The van der Waals surface area contributed by atoms with Gasteiger partial charge in [-0.25, -0.2) is 4.79 Å². The molecule has 1 aliphatic rings. The summed E-state index contributed by atoms with van der Waals surface area (Å²) in [6.07, 6.45) is 1.69. The molecule has 1 N–H and O–H groups in total. The number of ether oxygens (including phenoxy) is 1. The molecule has 0 amide bonds. The van der Waals surface area contributed by atoms with E-state index in [-0.39, 0.29) is 12.0 Å². The molecule has 0 aliphatic carbocycles. The average Bonchev–Trinajstić information content (AvgIpc) is 2.48. The standard InChI is InChI=1S/C15H21NO3S/c1-2-19-15(17)14(12-6-4-3-5-7-12)16-13-8-10-20(18)11-9-13/h3-7,13-14,16H,2,8-11H2,1H3. The van der Waals surface area contributed by atoms with Crippen molar-refractivity contribution in [2.45, 2.75) is 31.8 Å². The van der Waals surface area contributed by atoms with E-state index in [1.54, 1.807) is 0 Å². The molecule has 20 heavy (non-hydrogen) atoms. The fourth-order valence-corrected chi connectivity index (χ4v) is 3.67. The molecule has 0 radical (unpaired) electrons. The molecule has 1 atom stereocenters. The Morgan fingerprint density at radius 1 is 1.35 bits per heavy atom. The maximum absolute atomic E-state index is 12.1. The summed E-state index contributed by atoms with van der Waals surface area (Å²) in [5, 5.41) is 3.37. The van der Waals surface area contributed by atoms with Gasteiger partial charge in [-0.15, -0.1) is 0 Å². The third-order valence-electron chi connectivity index (χ3n) is 3.45. The van der Waals surface area contributed by atoms with Gasteiger partial charge in [0.15, 0.2) is 0 Å². The maximum Gasteiger partial charge on any atom is 0.327 e. The lowest BCUT2D eigenvalue weighted by Gasteiger charge is -2.27. The van der Waals surface area contributed by atoms with E-state index >= 15 is 0 Å². The second kappa shape index (κ2) is 7.55. The second-order valence-corrected chi connectivity index (χ2v) is 6.58. The molecule has 2 rings (SSSR count). The zero-order valence-corrected chi connectivity index (χ0v) is 12.5. The van der Waals surface area contributed by atoms with Crippen LogP contribution in [0.2, 0.25) is 0 Å². The van der Waals surface area contributed by atoms with Gasteiger partial charge in [0.25, 0.3) is 0 Å². The Balaban J connectivity index is 2.07. The normalized spacial score (nSPS) is 24.1. The van der Waals surface area contributed by atoms with Crippen molar-refractivity contribution < 1.29 is 13.7 Å². The molecular formula is C15H21NO3S. The van der Waals surface area contributed by atoms with E-state index in [1.807, 2.05) is 37.3 Å². The SMILES string of the molecule is CCOC(=O)C(NC1CCS(=O)CC1)c1ccccc1. The molecule has 1 saturated heterocycles. The lowest BCUT2D eigenvalue weighted by molar-refractivity contribution is -0.146. The first kappa shape index (κ1) is 15.2. The van der Waals surface area contributed by atoms with E-state index in [0.717, 1.165) is 18.4 Å². The predicted molar refractivity (Wildman–Crippen MR) is 79.9 cm³/mol. The minimum absolute atomic E-state index is 0.224. The van der Waals surface area contributed by atoms with Gasteiger partial charge in [0, 0.05) is 28.3 Å². The van der Waals surface area contributed by atoms with E-state index in [2.05, 4.69) is 5.32 Å². The first-order valence-electron chi connectivity index (χ1n) is 7.03. The van der Waals surface area contributed by atoms with Crippen molar-refractivity contribution in [3.8, 4) is 0 Å². The highest BCUT2D eigenvalue weighted by Crippen LogP contribution is 2.19. The summed E-state index contributed by atoms with van der Waals surface area (Å²) < 4.78 is 16.6. The van der Waals surface area contributed by atoms with Gasteiger partial charge in [0.05, 0.1) is 6.61 Å². The predicted octanol–water partition coefficient (Wildman–Crippen LogP) is 1.79. The first-order valence-corrected chi connectivity index (χ1v) is 8.52. The van der Waals surface area contributed by atoms with Crippen molar-refractivity contribution in [3.05, 3.63) is 35.9 Å². The molecule has 110 valence electrons. The van der Waals surface area contributed by atoms with Gasteiger partial charge in [-0.1, -0.05) is 30.3 Å². The average molecular weight is 295 g/mol. The summed E-state index contributed by atoms with van der Waals surface area (Å²) in [5.74, 6) is 1.18. The summed E-state index contributed by atoms with van der Waals surface area (Å²) in [7, 11) is -0.690. The molecule has 1 fully saturated rings. The smallest absolute Gasteiger partial charge is 0.327 e. The zero-order valence-electron chi connectivity index (χ0n) is 11.7. The maximum atomic E-state index is 12.1. The monoisotopic (exact) mass is 295 g/mol. The largest absolute Gasteiger partial charge is 0.465 e. The minimum Gasteiger partial charge on any atom is -0.465 e. The van der Waals surface area contributed by atoms with Crippen LogP contribution in [0.15, 0.2) is 30.3 Å². The number of nitrogens with one attached hydrogen (secondary N) is 1. The molecule has 0 spiro atoms. The Hall–Kier alpha value is -1.20. The molecule has 5 heteroatoms. The molecular weight excluding hydrogens is 274 g/mol. The third kappa shape index (κ3) is 4.15. The third-order valence-corrected chi connectivity index (χ3v) is 4.83. The Labute approximate surface area is 122 Å². The van der Waals surface area contributed by atoms with E-state index in [1.165, 1.54) is 0 Å². The van der Waals surface area contributed by atoms with Crippen LogP contribution < -0.4 is 5.32 Å². The summed E-state index contributed by atoms with van der Waals surface area (Å²) in [6.45, 7) is 2.18. The topological polar surface area (TPSA) is 55.4 Å². The number of benzene rings is 1. The first-order chi connectivity index (χ1) is 9.70. The summed E-state index contributed by atoms with van der Waals surface area (Å²) >= 11 is 0. The number of hydrogen-bond acceptors (Lipinski definition) is 4. The molecule has 1 aromatic carbocycles. The molecule has 0 saturated carbocycles. The fourth-order valence-electron chi connectivity index (χ4n) is 2.37. The number of rotatable bonds is 5.